The number of nitrogen functional groups attached to an aromatic ring is 1. The van der Waals surface area contributed by atoms with Crippen LogP contribution in [0.25, 0.3) is 0 Å². The fraction of sp³-hybridized carbons (Fsp3) is 0.364. The Bertz CT molecular complexity index is 379. The van der Waals surface area contributed by atoms with E-state index in [2.05, 4.69) is 6.92 Å². The molecule has 3 nitrogen and oxygen atoms in total. The average Bonchev–Trinajstić information content (AvgIpc) is 2.43. The molecule has 0 radical (unpaired) electrons. The summed E-state index contributed by atoms with van der Waals surface area (Å²) in [7, 11) is 0. The number of amides is 1. The smallest absolute Gasteiger partial charge is 0.231 e. The van der Waals surface area contributed by atoms with Crippen LogP contribution in [0, 0.1) is 0 Å². The van der Waals surface area contributed by atoms with Gasteiger partial charge in [0.15, 0.2) is 0 Å². The third-order valence-electron chi connectivity index (χ3n) is 2.48. The Morgan fingerprint density at radius 2 is 2.20 bits per heavy atom. The molecule has 0 aromatic heterocycles. The van der Waals surface area contributed by atoms with Gasteiger partial charge in [-0.15, -0.1) is 0 Å². The van der Waals surface area contributed by atoms with Crippen molar-refractivity contribution in [2.75, 3.05) is 17.2 Å². The molecule has 1 aromatic carbocycles. The predicted octanol–water partition coefficient (Wildman–Crippen LogP) is 1.57. The number of hydrogen-bond donors (Lipinski definition) is 1. The second kappa shape index (κ2) is 4.69. The average molecular weight is 246 g/mol. The van der Waals surface area contributed by atoms with E-state index in [0.717, 1.165) is 29.9 Å². The fourth-order valence-electron chi connectivity index (χ4n) is 1.87. The number of carbonyl (C=O) groups excluding carboxylic acids is 1. The van der Waals surface area contributed by atoms with Crippen LogP contribution in [-0.4, -0.2) is 12.5 Å². The van der Waals surface area contributed by atoms with Crippen molar-refractivity contribution in [3.8, 4) is 0 Å². The largest absolute Gasteiger partial charge is 0.399 e. The number of fused-ring (bicyclic) bond motifs is 1. The van der Waals surface area contributed by atoms with E-state index in [-0.39, 0.29) is 23.0 Å². The maximum absolute atomic E-state index is 11.6. The summed E-state index contributed by atoms with van der Waals surface area (Å²) >= 11 is 0. The monoisotopic (exact) mass is 246 g/mol. The molecule has 0 fully saturated rings. The van der Waals surface area contributed by atoms with Gasteiger partial charge in [-0.3, -0.25) is 4.79 Å². The maximum atomic E-state index is 11.6. The number of rotatable bonds is 2. The van der Waals surface area contributed by atoms with Crippen LogP contribution in [0.3, 0.4) is 0 Å². The molecule has 1 heterocycles. The van der Waals surface area contributed by atoms with Gasteiger partial charge in [0.25, 0.3) is 0 Å². The molecule has 0 bridgehead atoms. The minimum atomic E-state index is 0. The minimum Gasteiger partial charge on any atom is -0.399 e. The SMILES string of the molecule is CCCN1C(=O)Cc2cc(N)ccc21.[Fe]. The first-order valence-electron chi connectivity index (χ1n) is 4.91. The molecule has 1 aliphatic heterocycles. The minimum absolute atomic E-state index is 0. The van der Waals surface area contributed by atoms with Gasteiger partial charge >= 0.3 is 0 Å². The van der Waals surface area contributed by atoms with E-state index in [1.54, 1.807) is 0 Å². The number of anilines is 2. The zero-order valence-electron chi connectivity index (χ0n) is 8.64. The summed E-state index contributed by atoms with van der Waals surface area (Å²) in [4.78, 5) is 13.5. The van der Waals surface area contributed by atoms with E-state index < -0.39 is 0 Å². The molecule has 4 heteroatoms. The van der Waals surface area contributed by atoms with E-state index >= 15 is 0 Å². The van der Waals surface area contributed by atoms with Crippen LogP contribution in [0.2, 0.25) is 0 Å². The number of carbonyl (C=O) groups is 1. The molecule has 0 aliphatic carbocycles. The number of nitrogens with zero attached hydrogens (tertiary/aromatic N) is 1. The molecule has 82 valence electrons. The molecular formula is C11H14FeN2O. The number of nitrogens with two attached hydrogens (primary N) is 1. The van der Waals surface area contributed by atoms with Crippen LogP contribution in [0.4, 0.5) is 11.4 Å². The Labute approximate surface area is 100 Å². The molecule has 2 rings (SSSR count). The van der Waals surface area contributed by atoms with Crippen LogP contribution in [0.15, 0.2) is 18.2 Å². The van der Waals surface area contributed by atoms with Gasteiger partial charge in [0.05, 0.1) is 6.42 Å². The molecule has 0 saturated heterocycles. The quantitative estimate of drug-likeness (QED) is 0.635. The first-order chi connectivity index (χ1) is 6.72. The van der Waals surface area contributed by atoms with Crippen molar-refractivity contribution in [1.82, 2.24) is 0 Å². The van der Waals surface area contributed by atoms with Crippen molar-refractivity contribution >= 4 is 17.3 Å². The summed E-state index contributed by atoms with van der Waals surface area (Å²) in [6.45, 7) is 2.87. The Morgan fingerprint density at radius 3 is 2.87 bits per heavy atom. The standard InChI is InChI=1S/C11H14N2O.Fe/c1-2-5-13-10-4-3-9(12)6-8(10)7-11(13)14;/h3-4,6H,2,5,7,12H2,1H3;. The van der Waals surface area contributed by atoms with E-state index in [4.69, 9.17) is 5.73 Å². The Hall–Kier alpha value is -0.991. The molecule has 15 heavy (non-hydrogen) atoms. The summed E-state index contributed by atoms with van der Waals surface area (Å²) in [6, 6.07) is 5.67. The van der Waals surface area contributed by atoms with Crippen LogP contribution >= 0.6 is 0 Å². The Morgan fingerprint density at radius 1 is 1.47 bits per heavy atom. The topological polar surface area (TPSA) is 46.3 Å². The van der Waals surface area contributed by atoms with Gasteiger partial charge in [-0.2, -0.15) is 0 Å². The molecule has 1 aromatic rings. The molecule has 1 aliphatic rings. The number of benzene rings is 1. The predicted molar refractivity (Wildman–Crippen MR) is 57.2 cm³/mol. The van der Waals surface area contributed by atoms with Gasteiger partial charge < -0.3 is 10.6 Å². The summed E-state index contributed by atoms with van der Waals surface area (Å²) in [5.41, 5.74) is 8.49. The zero-order valence-corrected chi connectivity index (χ0v) is 9.74. The van der Waals surface area contributed by atoms with Crippen LogP contribution in [0.1, 0.15) is 18.9 Å². The van der Waals surface area contributed by atoms with E-state index in [9.17, 15) is 4.79 Å². The molecule has 0 atom stereocenters. The Balaban J connectivity index is 0.00000112. The molecular weight excluding hydrogens is 232 g/mol. The van der Waals surface area contributed by atoms with Crippen molar-refractivity contribution in [3.05, 3.63) is 23.8 Å². The van der Waals surface area contributed by atoms with Crippen LogP contribution < -0.4 is 10.6 Å². The van der Waals surface area contributed by atoms with Crippen molar-refractivity contribution in [1.29, 1.82) is 0 Å². The third-order valence-corrected chi connectivity index (χ3v) is 2.48. The molecule has 0 saturated carbocycles. The van der Waals surface area contributed by atoms with Gasteiger partial charge in [-0.1, -0.05) is 6.92 Å². The van der Waals surface area contributed by atoms with Gasteiger partial charge in [0.1, 0.15) is 0 Å². The van der Waals surface area contributed by atoms with E-state index in [1.165, 1.54) is 0 Å². The Kier molecular flexibility index (Phi) is 3.77. The normalized spacial score (nSPS) is 13.7. The number of hydrogen-bond acceptors (Lipinski definition) is 2. The van der Waals surface area contributed by atoms with Gasteiger partial charge in [-0.25, -0.2) is 0 Å². The van der Waals surface area contributed by atoms with Crippen molar-refractivity contribution in [3.63, 3.8) is 0 Å². The van der Waals surface area contributed by atoms with Crippen molar-refractivity contribution in [2.24, 2.45) is 0 Å². The molecule has 1 amide bonds. The fourth-order valence-corrected chi connectivity index (χ4v) is 1.87. The summed E-state index contributed by atoms with van der Waals surface area (Å²) in [5, 5.41) is 0. The van der Waals surface area contributed by atoms with Gasteiger partial charge in [0.2, 0.25) is 5.91 Å². The first kappa shape index (κ1) is 12.1. The van der Waals surface area contributed by atoms with Gasteiger partial charge in [0, 0.05) is 35.0 Å². The van der Waals surface area contributed by atoms with Crippen molar-refractivity contribution in [2.45, 2.75) is 19.8 Å². The molecule has 2 N–H and O–H groups in total. The van der Waals surface area contributed by atoms with Crippen LogP contribution in [0.5, 0.6) is 0 Å². The summed E-state index contributed by atoms with van der Waals surface area (Å²) in [5.74, 6) is 0.187. The second-order valence-electron chi connectivity index (χ2n) is 3.61. The van der Waals surface area contributed by atoms with E-state index in [1.807, 2.05) is 23.1 Å². The maximum Gasteiger partial charge on any atom is 0.231 e. The van der Waals surface area contributed by atoms with Crippen LogP contribution in [-0.2, 0) is 28.3 Å². The second-order valence-corrected chi connectivity index (χ2v) is 3.61. The van der Waals surface area contributed by atoms with E-state index in [0.29, 0.717) is 6.42 Å². The van der Waals surface area contributed by atoms with Gasteiger partial charge in [-0.05, 0) is 30.2 Å². The first-order valence-corrected chi connectivity index (χ1v) is 4.91. The third kappa shape index (κ3) is 2.16. The summed E-state index contributed by atoms with van der Waals surface area (Å²) in [6.07, 6.45) is 1.48. The molecule has 0 unspecified atom stereocenters. The zero-order chi connectivity index (χ0) is 10.1. The van der Waals surface area contributed by atoms with Crippen molar-refractivity contribution < 1.29 is 21.9 Å². The summed E-state index contributed by atoms with van der Waals surface area (Å²) < 4.78 is 0. The molecule has 0 spiro atoms.